The van der Waals surface area contributed by atoms with Crippen molar-refractivity contribution < 1.29 is 19.7 Å². The number of phenols is 1. The number of hydrogen-bond acceptors (Lipinski definition) is 4. The van der Waals surface area contributed by atoms with E-state index in [1.54, 1.807) is 25.2 Å². The fourth-order valence-corrected chi connectivity index (χ4v) is 2.28. The van der Waals surface area contributed by atoms with E-state index in [-0.39, 0.29) is 23.8 Å². The van der Waals surface area contributed by atoms with E-state index in [0.717, 1.165) is 0 Å². The second kappa shape index (κ2) is 5.59. The molecule has 1 fully saturated rings. The Morgan fingerprint density at radius 2 is 2.00 bits per heavy atom. The van der Waals surface area contributed by atoms with Crippen molar-refractivity contribution in [1.82, 2.24) is 4.90 Å². The van der Waals surface area contributed by atoms with Gasteiger partial charge < -0.3 is 19.8 Å². The first-order chi connectivity index (χ1) is 9.02. The predicted octanol–water partition coefficient (Wildman–Crippen LogP) is 1.01. The SMILES string of the molecule is CN(CC1(O)CCOCC1)C(=O)c1ccccc1O. The van der Waals surface area contributed by atoms with E-state index in [1.807, 2.05) is 0 Å². The molecular weight excluding hydrogens is 246 g/mol. The summed E-state index contributed by atoms with van der Waals surface area (Å²) in [6.07, 6.45) is 1.04. The molecule has 0 aliphatic carbocycles. The molecule has 1 saturated heterocycles. The number of carbonyl (C=O) groups is 1. The Bertz CT molecular complexity index is 455. The Hall–Kier alpha value is -1.59. The molecule has 0 bridgehead atoms. The van der Waals surface area contributed by atoms with E-state index in [9.17, 15) is 15.0 Å². The number of rotatable bonds is 3. The molecule has 5 nitrogen and oxygen atoms in total. The van der Waals surface area contributed by atoms with Gasteiger partial charge in [-0.05, 0) is 12.1 Å². The first-order valence-corrected chi connectivity index (χ1v) is 6.35. The van der Waals surface area contributed by atoms with Gasteiger partial charge in [0.25, 0.3) is 5.91 Å². The summed E-state index contributed by atoms with van der Waals surface area (Å²) in [5.41, 5.74) is -0.645. The Morgan fingerprint density at radius 3 is 2.63 bits per heavy atom. The van der Waals surface area contributed by atoms with Crippen LogP contribution < -0.4 is 0 Å². The van der Waals surface area contributed by atoms with Gasteiger partial charge >= 0.3 is 0 Å². The first kappa shape index (κ1) is 13.8. The van der Waals surface area contributed by atoms with E-state index in [1.165, 1.54) is 11.0 Å². The smallest absolute Gasteiger partial charge is 0.257 e. The number of phenolic OH excluding ortho intramolecular Hbond substituents is 1. The highest BCUT2D eigenvalue weighted by atomic mass is 16.5. The number of aliphatic hydroxyl groups is 1. The van der Waals surface area contributed by atoms with Gasteiger partial charge in [0.05, 0.1) is 11.2 Å². The number of carbonyl (C=O) groups excluding carboxylic acids is 1. The number of benzene rings is 1. The third-order valence-electron chi connectivity index (χ3n) is 3.44. The summed E-state index contributed by atoms with van der Waals surface area (Å²) in [6.45, 7) is 1.26. The molecule has 1 amide bonds. The van der Waals surface area contributed by atoms with Crippen LogP contribution in [0.25, 0.3) is 0 Å². The standard InChI is InChI=1S/C14H19NO4/c1-15(10-14(18)6-8-19-9-7-14)13(17)11-4-2-3-5-12(11)16/h2-5,16,18H,6-10H2,1H3. The molecule has 0 saturated carbocycles. The van der Waals surface area contributed by atoms with Crippen molar-refractivity contribution in [3.63, 3.8) is 0 Å². The largest absolute Gasteiger partial charge is 0.507 e. The van der Waals surface area contributed by atoms with Gasteiger partial charge in [0.1, 0.15) is 5.75 Å². The van der Waals surface area contributed by atoms with Crippen LogP contribution in [0.1, 0.15) is 23.2 Å². The lowest BCUT2D eigenvalue weighted by Gasteiger charge is -2.35. The number of amides is 1. The van der Waals surface area contributed by atoms with Crippen LogP contribution in [0.3, 0.4) is 0 Å². The monoisotopic (exact) mass is 265 g/mol. The van der Waals surface area contributed by atoms with Crippen molar-refractivity contribution in [2.24, 2.45) is 0 Å². The number of ether oxygens (including phenoxy) is 1. The highest BCUT2D eigenvalue weighted by molar-refractivity contribution is 5.96. The van der Waals surface area contributed by atoms with Crippen LogP contribution in [-0.4, -0.2) is 53.4 Å². The van der Waals surface area contributed by atoms with Crippen LogP contribution >= 0.6 is 0 Å². The number of para-hydroxylation sites is 1. The normalized spacial score (nSPS) is 18.0. The van der Waals surface area contributed by atoms with Crippen LogP contribution in [-0.2, 0) is 4.74 Å². The minimum Gasteiger partial charge on any atom is -0.507 e. The second-order valence-electron chi connectivity index (χ2n) is 5.02. The molecule has 0 spiro atoms. The zero-order valence-corrected chi connectivity index (χ0v) is 11.0. The van der Waals surface area contributed by atoms with Gasteiger partial charge in [-0.1, -0.05) is 12.1 Å². The lowest BCUT2D eigenvalue weighted by atomic mass is 9.93. The second-order valence-corrected chi connectivity index (χ2v) is 5.02. The minimum absolute atomic E-state index is 0.0432. The number of aromatic hydroxyl groups is 1. The number of nitrogens with zero attached hydrogens (tertiary/aromatic N) is 1. The van der Waals surface area contributed by atoms with Gasteiger partial charge in [-0.3, -0.25) is 4.79 Å². The maximum Gasteiger partial charge on any atom is 0.257 e. The predicted molar refractivity (Wildman–Crippen MR) is 70.1 cm³/mol. The summed E-state index contributed by atoms with van der Waals surface area (Å²) in [5.74, 6) is -0.337. The molecule has 1 aromatic rings. The van der Waals surface area contributed by atoms with Gasteiger partial charge in [0.2, 0.25) is 0 Å². The van der Waals surface area contributed by atoms with Gasteiger partial charge in [-0.15, -0.1) is 0 Å². The van der Waals surface area contributed by atoms with Crippen molar-refractivity contribution in [1.29, 1.82) is 0 Å². The van der Waals surface area contributed by atoms with Crippen molar-refractivity contribution in [3.8, 4) is 5.75 Å². The zero-order chi connectivity index (χ0) is 13.9. The maximum atomic E-state index is 12.2. The van der Waals surface area contributed by atoms with E-state index < -0.39 is 5.60 Å². The molecule has 1 heterocycles. The quantitative estimate of drug-likeness (QED) is 0.855. The molecule has 2 rings (SSSR count). The highest BCUT2D eigenvalue weighted by Gasteiger charge is 2.32. The number of hydrogen-bond donors (Lipinski definition) is 2. The topological polar surface area (TPSA) is 70.0 Å². The fraction of sp³-hybridized carbons (Fsp3) is 0.500. The molecule has 5 heteroatoms. The van der Waals surface area contributed by atoms with Crippen molar-refractivity contribution in [3.05, 3.63) is 29.8 Å². The fourth-order valence-electron chi connectivity index (χ4n) is 2.28. The van der Waals surface area contributed by atoms with Crippen molar-refractivity contribution in [2.75, 3.05) is 26.8 Å². The zero-order valence-electron chi connectivity index (χ0n) is 11.0. The molecule has 0 unspecified atom stereocenters. The molecule has 1 aromatic carbocycles. The van der Waals surface area contributed by atoms with E-state index in [0.29, 0.717) is 26.1 Å². The van der Waals surface area contributed by atoms with E-state index in [2.05, 4.69) is 0 Å². The molecule has 0 aromatic heterocycles. The molecule has 0 radical (unpaired) electrons. The molecule has 0 atom stereocenters. The van der Waals surface area contributed by atoms with Gasteiger partial charge in [0, 0.05) is 39.6 Å². The molecule has 1 aliphatic heterocycles. The Morgan fingerprint density at radius 1 is 1.37 bits per heavy atom. The summed E-state index contributed by atoms with van der Waals surface area (Å²) in [7, 11) is 1.63. The van der Waals surface area contributed by atoms with Crippen LogP contribution in [0.2, 0.25) is 0 Å². The van der Waals surface area contributed by atoms with Crippen LogP contribution in [0.4, 0.5) is 0 Å². The first-order valence-electron chi connectivity index (χ1n) is 6.35. The highest BCUT2D eigenvalue weighted by Crippen LogP contribution is 2.23. The Balaban J connectivity index is 2.05. The van der Waals surface area contributed by atoms with Crippen molar-refractivity contribution >= 4 is 5.91 Å². The maximum absolute atomic E-state index is 12.2. The summed E-state index contributed by atoms with van der Waals surface area (Å²) in [5, 5.41) is 20.0. The Kier molecular flexibility index (Phi) is 4.07. The average Bonchev–Trinajstić information content (AvgIpc) is 2.39. The van der Waals surface area contributed by atoms with E-state index >= 15 is 0 Å². The van der Waals surface area contributed by atoms with Crippen LogP contribution in [0, 0.1) is 0 Å². The summed E-state index contributed by atoms with van der Waals surface area (Å²) >= 11 is 0. The molecule has 1 aliphatic rings. The lowest BCUT2D eigenvalue weighted by molar-refractivity contribution is -0.0734. The third-order valence-corrected chi connectivity index (χ3v) is 3.44. The van der Waals surface area contributed by atoms with Crippen LogP contribution in [0.5, 0.6) is 5.75 Å². The van der Waals surface area contributed by atoms with Gasteiger partial charge in [-0.2, -0.15) is 0 Å². The van der Waals surface area contributed by atoms with Gasteiger partial charge in [-0.25, -0.2) is 0 Å². The molecule has 19 heavy (non-hydrogen) atoms. The summed E-state index contributed by atoms with van der Waals surface area (Å²) < 4.78 is 5.21. The Labute approximate surface area is 112 Å². The van der Waals surface area contributed by atoms with Gasteiger partial charge in [0.15, 0.2) is 0 Å². The molecule has 2 N–H and O–H groups in total. The van der Waals surface area contributed by atoms with Crippen molar-refractivity contribution in [2.45, 2.75) is 18.4 Å². The lowest BCUT2D eigenvalue weighted by Crippen LogP contribution is -2.47. The minimum atomic E-state index is -0.896. The third kappa shape index (κ3) is 3.24. The molecule has 104 valence electrons. The number of likely N-dealkylation sites (N-methyl/N-ethyl adjacent to an activating group) is 1. The average molecular weight is 265 g/mol. The van der Waals surface area contributed by atoms with E-state index in [4.69, 9.17) is 4.74 Å². The molecular formula is C14H19NO4. The van der Waals surface area contributed by atoms with Crippen LogP contribution in [0.15, 0.2) is 24.3 Å². The summed E-state index contributed by atoms with van der Waals surface area (Å²) in [6, 6.07) is 6.41. The summed E-state index contributed by atoms with van der Waals surface area (Å²) in [4.78, 5) is 13.6.